The van der Waals surface area contributed by atoms with E-state index in [-0.39, 0.29) is 16.2 Å². The summed E-state index contributed by atoms with van der Waals surface area (Å²) in [7, 11) is -3.01. The van der Waals surface area contributed by atoms with Gasteiger partial charge in [-0.25, -0.2) is 4.98 Å². The fraction of sp³-hybridized carbons (Fsp3) is 0.155. The molecule has 0 saturated carbocycles. The van der Waals surface area contributed by atoms with E-state index >= 15 is 0 Å². The van der Waals surface area contributed by atoms with Crippen LogP contribution in [0.5, 0.6) is 11.5 Å². The summed E-state index contributed by atoms with van der Waals surface area (Å²) in [6.45, 7) is 21.4. The molecule has 5 nitrogen and oxygen atoms in total. The Labute approximate surface area is 529 Å². The van der Waals surface area contributed by atoms with Crippen molar-refractivity contribution < 1.29 is 4.74 Å². The number of hydrogen-bond donors (Lipinski definition) is 0. The Morgan fingerprint density at radius 2 is 0.900 bits per heavy atom. The lowest BCUT2D eigenvalue weighted by atomic mass is 9.85. The average Bonchev–Trinajstić information content (AvgIpc) is 1.37. The largest absolute Gasteiger partial charge is 0.457 e. The number of benzene rings is 11. The summed E-state index contributed by atoms with van der Waals surface area (Å²) in [6, 6.07) is 100. The maximum absolute atomic E-state index is 7.05. The normalized spacial score (nSPS) is 12.9. The van der Waals surface area contributed by atoms with E-state index in [0.717, 1.165) is 45.1 Å². The third-order valence-corrected chi connectivity index (χ3v) is 23.6. The summed E-state index contributed by atoms with van der Waals surface area (Å²) in [5.41, 5.74) is 12.5. The van der Waals surface area contributed by atoms with Gasteiger partial charge in [-0.3, -0.25) is 4.57 Å². The minimum Gasteiger partial charge on any atom is -0.457 e. The van der Waals surface area contributed by atoms with Crippen LogP contribution in [-0.4, -0.2) is 22.2 Å². The topological polar surface area (TPSA) is 35.2 Å². The third-order valence-electron chi connectivity index (χ3n) is 18.9. The second-order valence-corrected chi connectivity index (χ2v) is 31.4. The van der Waals surface area contributed by atoms with Gasteiger partial charge >= 0.3 is 0 Å². The molecule has 11 aromatic carbocycles. The molecule has 14 aromatic rings. The second-order valence-electron chi connectivity index (χ2n) is 27.6. The van der Waals surface area contributed by atoms with E-state index in [9.17, 15) is 0 Å². The molecule has 0 amide bonds. The first-order valence-corrected chi connectivity index (χ1v) is 33.7. The quantitative estimate of drug-likeness (QED) is 0.107. The lowest BCUT2D eigenvalue weighted by Crippen LogP contribution is -2.74. The molecule has 0 radical (unpaired) electrons. The smallest absolute Gasteiger partial charge is 0.179 e. The van der Waals surface area contributed by atoms with Crippen molar-refractivity contribution in [1.82, 2.24) is 14.1 Å². The number of anilines is 2. The molecule has 15 rings (SSSR count). The highest BCUT2D eigenvalue weighted by Crippen LogP contribution is 2.46. The minimum atomic E-state index is -3.01. The van der Waals surface area contributed by atoms with Crippen LogP contribution >= 0.6 is 0 Å². The molecule has 0 N–H and O–H groups in total. The van der Waals surface area contributed by atoms with E-state index in [1.807, 2.05) is 6.20 Å². The lowest BCUT2D eigenvalue weighted by molar-refractivity contribution is 0.483. The molecule has 0 aliphatic carbocycles. The van der Waals surface area contributed by atoms with E-state index in [1.54, 1.807) is 0 Å². The van der Waals surface area contributed by atoms with Crippen LogP contribution < -0.4 is 30.4 Å². The molecule has 0 fully saturated rings. The van der Waals surface area contributed by atoms with Crippen LogP contribution in [0, 0.1) is 0 Å². The number of pyridine rings is 1. The average molecular weight is 1180 g/mol. The zero-order chi connectivity index (χ0) is 61.7. The summed E-state index contributed by atoms with van der Waals surface area (Å²) >= 11 is 0. The number of fused-ring (bicyclic) bond motifs is 10. The predicted molar refractivity (Wildman–Crippen MR) is 384 cm³/mol. The van der Waals surface area contributed by atoms with Crippen LogP contribution in [0.15, 0.2) is 273 Å². The van der Waals surface area contributed by atoms with Crippen molar-refractivity contribution in [1.29, 1.82) is 0 Å². The van der Waals surface area contributed by atoms with Crippen LogP contribution in [0.3, 0.4) is 0 Å². The Morgan fingerprint density at radius 3 is 1.57 bits per heavy atom. The molecule has 3 aromatic heterocycles. The SMILES string of the molecule is CC(C)(C)c1cc(-c2cccc3c4ccccc4c4ccc(C(C)(C)C)cc4c4cccc5c4n(c23)CN5c2cccc(Oc3ccc4c5ccccc5n(-c5cc(C(C)(C)C)ccn5)c4c3)c2)cc([Si](c2ccccc2)(c2ccccc2)c2ccccc2)c1. The Morgan fingerprint density at radius 1 is 0.367 bits per heavy atom. The van der Waals surface area contributed by atoms with Crippen molar-refractivity contribution in [2.75, 3.05) is 4.90 Å². The molecule has 1 aliphatic heterocycles. The van der Waals surface area contributed by atoms with Crippen LogP contribution in [-0.2, 0) is 22.9 Å². The Hall–Kier alpha value is -10.0. The fourth-order valence-electron chi connectivity index (χ4n) is 14.3. The van der Waals surface area contributed by atoms with Gasteiger partial charge in [0.2, 0.25) is 0 Å². The van der Waals surface area contributed by atoms with Gasteiger partial charge in [0.1, 0.15) is 24.0 Å². The first kappa shape index (κ1) is 56.5. The number of hydrogen-bond acceptors (Lipinski definition) is 3. The third kappa shape index (κ3) is 9.55. The van der Waals surface area contributed by atoms with Crippen LogP contribution in [0.1, 0.15) is 79.0 Å². The fourth-order valence-corrected chi connectivity index (χ4v) is 19.1. The summed E-state index contributed by atoms with van der Waals surface area (Å²) in [4.78, 5) is 7.47. The molecule has 0 bridgehead atoms. The summed E-state index contributed by atoms with van der Waals surface area (Å²) < 4.78 is 12.0. The first-order valence-electron chi connectivity index (χ1n) is 31.7. The van der Waals surface area contributed by atoms with E-state index in [0.29, 0.717) is 6.67 Å². The van der Waals surface area contributed by atoms with Gasteiger partial charge in [-0.15, -0.1) is 0 Å². The minimum absolute atomic E-state index is 0.0391. The van der Waals surface area contributed by atoms with E-state index in [1.165, 1.54) is 97.3 Å². The van der Waals surface area contributed by atoms with Gasteiger partial charge in [-0.05, 0) is 135 Å². The molecular formula is C84H74N4OSi. The molecule has 0 unspecified atom stereocenters. The van der Waals surface area contributed by atoms with Gasteiger partial charge in [0.15, 0.2) is 8.07 Å². The summed E-state index contributed by atoms with van der Waals surface area (Å²) in [5, 5.41) is 15.0. The zero-order valence-electron chi connectivity index (χ0n) is 52.9. The molecule has 90 heavy (non-hydrogen) atoms. The molecule has 6 heteroatoms. The summed E-state index contributed by atoms with van der Waals surface area (Å²) in [6.07, 6.45) is 1.94. The van der Waals surface area contributed by atoms with E-state index < -0.39 is 8.07 Å². The number of ether oxygens (including phenoxy) is 1. The Kier molecular flexibility index (Phi) is 13.6. The standard InChI is InChI=1S/C84H74N4OSi/c1-82(2,3)57-42-44-70-68-34-19-20-35-69(68)73-38-24-37-67(56-48-59(84(7,8)9)50-66(49-56)90(63-28-13-10-14-29-63,64-30-15-11-16-31-64)65-32-17-12-18-33-65)80(73)87-55-86(77-41-25-39-74(81(77)87)75(70)51-57)60-26-23-27-61(53-60)89-62-43-45-72-71-36-21-22-40-76(71)88(78(72)54-62)79-52-58(46-47-85-79)83(4,5)6/h10-54H,55H2,1-9H3. The number of nitrogens with zero attached hydrogens (tertiary/aromatic N) is 4. The maximum atomic E-state index is 7.05. The zero-order valence-corrected chi connectivity index (χ0v) is 53.9. The van der Waals surface area contributed by atoms with Crippen LogP contribution in [0.25, 0.3) is 82.1 Å². The Balaban J connectivity index is 0.976. The highest BCUT2D eigenvalue weighted by Gasteiger charge is 2.42. The van der Waals surface area contributed by atoms with Crippen molar-refractivity contribution in [2.24, 2.45) is 0 Å². The first-order chi connectivity index (χ1) is 43.5. The molecule has 4 heterocycles. The van der Waals surface area contributed by atoms with Crippen molar-refractivity contribution in [3.63, 3.8) is 0 Å². The highest BCUT2D eigenvalue weighted by atomic mass is 28.3. The molecule has 0 atom stereocenters. The van der Waals surface area contributed by atoms with E-state index in [2.05, 4.69) is 343 Å². The monoisotopic (exact) mass is 1180 g/mol. The predicted octanol–water partition coefficient (Wildman–Crippen LogP) is 19.6. The van der Waals surface area contributed by atoms with Crippen LogP contribution in [0.4, 0.5) is 11.4 Å². The highest BCUT2D eigenvalue weighted by molar-refractivity contribution is 7.20. The maximum Gasteiger partial charge on any atom is 0.179 e. The van der Waals surface area contributed by atoms with Gasteiger partial charge in [0, 0.05) is 51.1 Å². The van der Waals surface area contributed by atoms with E-state index in [4.69, 9.17) is 9.72 Å². The van der Waals surface area contributed by atoms with Crippen molar-refractivity contribution >= 4 is 105 Å². The van der Waals surface area contributed by atoms with Crippen LogP contribution in [0.2, 0.25) is 0 Å². The molecule has 0 spiro atoms. The van der Waals surface area contributed by atoms with Gasteiger partial charge in [0.25, 0.3) is 0 Å². The number of para-hydroxylation sites is 3. The van der Waals surface area contributed by atoms with Gasteiger partial charge in [-0.2, -0.15) is 0 Å². The lowest BCUT2D eigenvalue weighted by Gasteiger charge is -2.36. The molecule has 0 saturated heterocycles. The Bertz CT molecular complexity index is 5100. The molecule has 440 valence electrons. The van der Waals surface area contributed by atoms with Gasteiger partial charge in [0.05, 0.1) is 27.8 Å². The van der Waals surface area contributed by atoms with Crippen molar-refractivity contribution in [2.45, 2.75) is 85.2 Å². The molecular weight excluding hydrogens is 1110 g/mol. The van der Waals surface area contributed by atoms with Gasteiger partial charge < -0.3 is 14.2 Å². The van der Waals surface area contributed by atoms with Crippen molar-refractivity contribution in [3.05, 3.63) is 290 Å². The number of aromatic nitrogens is 3. The second kappa shape index (κ2) is 21.6. The number of rotatable bonds is 9. The van der Waals surface area contributed by atoms with Gasteiger partial charge in [-0.1, -0.05) is 263 Å². The van der Waals surface area contributed by atoms with Crippen molar-refractivity contribution in [3.8, 4) is 28.4 Å². The summed E-state index contributed by atoms with van der Waals surface area (Å²) in [5.74, 6) is 2.39. The molecule has 1 aliphatic rings.